The van der Waals surface area contributed by atoms with E-state index < -0.39 is 5.82 Å². The van der Waals surface area contributed by atoms with Crippen LogP contribution in [-0.2, 0) is 0 Å². The lowest BCUT2D eigenvalue weighted by Gasteiger charge is -2.22. The Labute approximate surface area is 174 Å². The standard InChI is InChI=1S/C23H25FN4O2/c1-13(2)20-19-15(12-17(14-8-9-14)25-23(19)30-27-20)22(29)26-21-16(24)6-5-7-18(21)28-10-3-4-11-28/h5-7,12-14H,3-4,8-11H2,1-2H3,(H,26,29). The number of hydrogen-bond acceptors (Lipinski definition) is 5. The minimum atomic E-state index is -0.435. The van der Waals surface area contributed by atoms with E-state index in [0.29, 0.717) is 28.3 Å². The predicted molar refractivity (Wildman–Crippen MR) is 114 cm³/mol. The van der Waals surface area contributed by atoms with Crippen molar-refractivity contribution in [3.05, 3.63) is 47.0 Å². The molecule has 0 bridgehead atoms. The van der Waals surface area contributed by atoms with Gasteiger partial charge in [-0.3, -0.25) is 4.79 Å². The largest absolute Gasteiger partial charge is 0.370 e. The minimum Gasteiger partial charge on any atom is -0.370 e. The quantitative estimate of drug-likeness (QED) is 0.627. The molecule has 3 aromatic rings. The molecule has 1 saturated carbocycles. The lowest BCUT2D eigenvalue weighted by molar-refractivity contribution is 0.102. The Hall–Kier alpha value is -2.96. The number of para-hydroxylation sites is 1. The van der Waals surface area contributed by atoms with Crippen LogP contribution in [0.2, 0.25) is 0 Å². The van der Waals surface area contributed by atoms with Gasteiger partial charge in [0.2, 0.25) is 0 Å². The highest BCUT2D eigenvalue weighted by atomic mass is 19.1. The second kappa shape index (κ2) is 7.38. The molecule has 1 aromatic carbocycles. The molecule has 156 valence electrons. The van der Waals surface area contributed by atoms with Gasteiger partial charge in [0.05, 0.1) is 22.3 Å². The number of carbonyl (C=O) groups excluding carboxylic acids is 1. The number of nitrogens with zero attached hydrogens (tertiary/aromatic N) is 3. The van der Waals surface area contributed by atoms with Crippen molar-refractivity contribution in [3.8, 4) is 0 Å². The fourth-order valence-electron chi connectivity index (χ4n) is 4.19. The average Bonchev–Trinajstić information content (AvgIpc) is 3.26. The van der Waals surface area contributed by atoms with E-state index in [1.165, 1.54) is 6.07 Å². The van der Waals surface area contributed by atoms with Crippen molar-refractivity contribution in [2.24, 2.45) is 0 Å². The summed E-state index contributed by atoms with van der Waals surface area (Å²) in [4.78, 5) is 20.1. The number of rotatable bonds is 5. The first-order valence-corrected chi connectivity index (χ1v) is 10.7. The first-order chi connectivity index (χ1) is 14.5. The van der Waals surface area contributed by atoms with E-state index in [9.17, 15) is 9.18 Å². The molecule has 2 aromatic heterocycles. The molecule has 1 N–H and O–H groups in total. The number of hydrogen-bond donors (Lipinski definition) is 1. The van der Waals surface area contributed by atoms with Crippen molar-refractivity contribution in [1.82, 2.24) is 10.1 Å². The van der Waals surface area contributed by atoms with Crippen LogP contribution in [0.4, 0.5) is 15.8 Å². The number of anilines is 2. The van der Waals surface area contributed by atoms with E-state index >= 15 is 0 Å². The molecule has 0 spiro atoms. The third-order valence-corrected chi connectivity index (χ3v) is 5.96. The second-order valence-corrected chi connectivity index (χ2v) is 8.55. The van der Waals surface area contributed by atoms with Gasteiger partial charge in [-0.05, 0) is 49.8 Å². The normalized spacial score (nSPS) is 16.6. The molecule has 7 heteroatoms. The van der Waals surface area contributed by atoms with Gasteiger partial charge in [0.15, 0.2) is 0 Å². The summed E-state index contributed by atoms with van der Waals surface area (Å²) in [6.07, 6.45) is 4.24. The van der Waals surface area contributed by atoms with Crippen LogP contribution >= 0.6 is 0 Å². The van der Waals surface area contributed by atoms with E-state index in [1.807, 2.05) is 26.0 Å². The first-order valence-electron chi connectivity index (χ1n) is 10.7. The van der Waals surface area contributed by atoms with Crippen LogP contribution in [0.1, 0.15) is 73.1 Å². The van der Waals surface area contributed by atoms with E-state index in [-0.39, 0.29) is 17.5 Å². The van der Waals surface area contributed by atoms with Gasteiger partial charge in [-0.15, -0.1) is 0 Å². The number of benzene rings is 1. The highest BCUT2D eigenvalue weighted by molar-refractivity contribution is 6.13. The highest BCUT2D eigenvalue weighted by Crippen LogP contribution is 2.41. The zero-order valence-electron chi connectivity index (χ0n) is 17.2. The fourth-order valence-corrected chi connectivity index (χ4v) is 4.19. The Balaban J connectivity index is 1.58. The summed E-state index contributed by atoms with van der Waals surface area (Å²) < 4.78 is 20.2. The summed E-state index contributed by atoms with van der Waals surface area (Å²) in [5, 5.41) is 7.63. The topological polar surface area (TPSA) is 71.3 Å². The van der Waals surface area contributed by atoms with E-state index in [1.54, 1.807) is 6.07 Å². The zero-order valence-corrected chi connectivity index (χ0v) is 17.2. The van der Waals surface area contributed by atoms with Gasteiger partial charge in [0.1, 0.15) is 11.5 Å². The van der Waals surface area contributed by atoms with Crippen molar-refractivity contribution in [2.75, 3.05) is 23.3 Å². The maximum atomic E-state index is 14.8. The molecule has 1 amide bonds. The molecule has 0 radical (unpaired) electrons. The second-order valence-electron chi connectivity index (χ2n) is 8.55. The monoisotopic (exact) mass is 408 g/mol. The molecule has 3 heterocycles. The molecule has 1 aliphatic carbocycles. The maximum Gasteiger partial charge on any atom is 0.259 e. The smallest absolute Gasteiger partial charge is 0.259 e. The summed E-state index contributed by atoms with van der Waals surface area (Å²) in [7, 11) is 0. The third kappa shape index (κ3) is 3.32. The maximum absolute atomic E-state index is 14.8. The third-order valence-electron chi connectivity index (χ3n) is 5.96. The molecular formula is C23H25FN4O2. The zero-order chi connectivity index (χ0) is 20.8. The molecular weight excluding hydrogens is 383 g/mol. The van der Waals surface area contributed by atoms with Crippen LogP contribution < -0.4 is 10.2 Å². The summed E-state index contributed by atoms with van der Waals surface area (Å²) >= 11 is 0. The Morgan fingerprint density at radius 3 is 2.73 bits per heavy atom. The molecule has 6 nitrogen and oxygen atoms in total. The molecule has 2 fully saturated rings. The molecule has 0 unspecified atom stereocenters. The molecule has 30 heavy (non-hydrogen) atoms. The van der Waals surface area contributed by atoms with Crippen LogP contribution in [0.5, 0.6) is 0 Å². The number of aromatic nitrogens is 2. The number of pyridine rings is 1. The van der Waals surface area contributed by atoms with Crippen LogP contribution in [0.15, 0.2) is 28.8 Å². The van der Waals surface area contributed by atoms with E-state index in [0.717, 1.165) is 50.2 Å². The summed E-state index contributed by atoms with van der Waals surface area (Å²) in [6, 6.07) is 6.76. The van der Waals surface area contributed by atoms with Gasteiger partial charge in [0.25, 0.3) is 11.6 Å². The molecule has 1 aliphatic heterocycles. The first kappa shape index (κ1) is 19.0. The Morgan fingerprint density at radius 2 is 2.03 bits per heavy atom. The molecule has 1 saturated heterocycles. The minimum absolute atomic E-state index is 0.0694. The van der Waals surface area contributed by atoms with Gasteiger partial charge in [0, 0.05) is 24.7 Å². The van der Waals surface area contributed by atoms with Gasteiger partial charge < -0.3 is 14.7 Å². The predicted octanol–water partition coefficient (Wildman–Crippen LogP) is 5.22. The average molecular weight is 408 g/mol. The number of fused-ring (bicyclic) bond motifs is 1. The fraction of sp³-hybridized carbons (Fsp3) is 0.435. The Kier molecular flexibility index (Phi) is 4.68. The highest BCUT2D eigenvalue weighted by Gasteiger charge is 2.30. The number of nitrogens with one attached hydrogen (secondary N) is 1. The molecule has 5 rings (SSSR count). The number of halogens is 1. The van der Waals surface area contributed by atoms with Crippen LogP contribution in [0, 0.1) is 5.82 Å². The summed E-state index contributed by atoms with van der Waals surface area (Å²) in [6.45, 7) is 5.72. The van der Waals surface area contributed by atoms with Crippen molar-refractivity contribution in [2.45, 2.75) is 51.4 Å². The van der Waals surface area contributed by atoms with E-state index in [2.05, 4.69) is 20.4 Å². The van der Waals surface area contributed by atoms with Gasteiger partial charge in [-0.25, -0.2) is 9.37 Å². The summed E-state index contributed by atoms with van der Waals surface area (Å²) in [5.41, 5.74) is 3.31. The van der Waals surface area contributed by atoms with Crippen molar-refractivity contribution >= 4 is 28.4 Å². The van der Waals surface area contributed by atoms with Gasteiger partial charge in [-0.2, -0.15) is 0 Å². The van der Waals surface area contributed by atoms with Crippen LogP contribution in [0.3, 0.4) is 0 Å². The van der Waals surface area contributed by atoms with Crippen molar-refractivity contribution in [1.29, 1.82) is 0 Å². The van der Waals surface area contributed by atoms with Crippen LogP contribution in [0.25, 0.3) is 11.1 Å². The Bertz CT molecular complexity index is 1110. The molecule has 2 aliphatic rings. The van der Waals surface area contributed by atoms with E-state index in [4.69, 9.17) is 4.52 Å². The van der Waals surface area contributed by atoms with Crippen molar-refractivity contribution in [3.63, 3.8) is 0 Å². The number of carbonyl (C=O) groups is 1. The van der Waals surface area contributed by atoms with Gasteiger partial charge in [-0.1, -0.05) is 25.1 Å². The van der Waals surface area contributed by atoms with Crippen molar-refractivity contribution < 1.29 is 13.7 Å². The molecule has 0 atom stereocenters. The van der Waals surface area contributed by atoms with Gasteiger partial charge >= 0.3 is 0 Å². The number of amides is 1. The van der Waals surface area contributed by atoms with Crippen LogP contribution in [-0.4, -0.2) is 29.1 Å². The summed E-state index contributed by atoms with van der Waals surface area (Å²) in [5.74, 6) is -0.378. The lowest BCUT2D eigenvalue weighted by atomic mass is 10.0. The lowest BCUT2D eigenvalue weighted by Crippen LogP contribution is -2.22. The Morgan fingerprint density at radius 1 is 1.27 bits per heavy atom. The SMILES string of the molecule is CC(C)c1noc2nc(C3CC3)cc(C(=O)Nc3c(F)cccc3N3CCCC3)c12.